The zero-order valence-corrected chi connectivity index (χ0v) is 17.2. The molecule has 0 bridgehead atoms. The predicted octanol–water partition coefficient (Wildman–Crippen LogP) is 8.51. The third kappa shape index (κ3) is 3.86. The van der Waals surface area contributed by atoms with Crippen LogP contribution >= 0.6 is 0 Å². The van der Waals surface area contributed by atoms with Gasteiger partial charge in [-0.25, -0.2) is 0 Å². The van der Waals surface area contributed by atoms with Gasteiger partial charge < -0.3 is 0 Å². The van der Waals surface area contributed by atoms with Gasteiger partial charge in [-0.2, -0.15) is 0 Å². The van der Waals surface area contributed by atoms with Crippen molar-refractivity contribution in [1.82, 2.24) is 0 Å². The van der Waals surface area contributed by atoms with Crippen LogP contribution in [0.5, 0.6) is 0 Å². The Hall–Kier alpha value is -3.38. The fourth-order valence-electron chi connectivity index (χ4n) is 4.53. The molecule has 4 aromatic carbocycles. The fourth-order valence-corrected chi connectivity index (χ4v) is 4.53. The van der Waals surface area contributed by atoms with E-state index in [9.17, 15) is 0 Å². The van der Waals surface area contributed by atoms with E-state index in [1.54, 1.807) is 0 Å². The van der Waals surface area contributed by atoms with Crippen LogP contribution < -0.4 is 0 Å². The molecule has 0 aromatic heterocycles. The smallest absolute Gasteiger partial charge is 0.0184 e. The molecule has 0 saturated carbocycles. The second-order valence-corrected chi connectivity index (χ2v) is 8.05. The molecular weight excluding hydrogens is 360 g/mol. The van der Waals surface area contributed by atoms with Gasteiger partial charge in [0.2, 0.25) is 0 Å². The average Bonchev–Trinajstić information content (AvgIpc) is 2.85. The molecule has 0 unspecified atom stereocenters. The van der Waals surface area contributed by atoms with Gasteiger partial charge in [0.25, 0.3) is 0 Å². The highest BCUT2D eigenvalue weighted by atomic mass is 14.2. The summed E-state index contributed by atoms with van der Waals surface area (Å²) in [6.07, 6.45) is 4.89. The molecule has 0 radical (unpaired) electrons. The standard InChI is InChI=1S/C30H26/c1-3-9-23(10-4-1)25-15-19-27(20-16-25)29-13-7-8-14-30(29)28-21-17-26(18-22-28)24-11-5-2-6-12-24/h1-6,9-12,15-22H,7-8,13-14H2. The molecule has 0 saturated heterocycles. The van der Waals surface area contributed by atoms with E-state index in [-0.39, 0.29) is 0 Å². The summed E-state index contributed by atoms with van der Waals surface area (Å²) in [6, 6.07) is 39.5. The van der Waals surface area contributed by atoms with E-state index >= 15 is 0 Å². The number of hydrogen-bond donors (Lipinski definition) is 0. The quantitative estimate of drug-likeness (QED) is 0.330. The summed E-state index contributed by atoms with van der Waals surface area (Å²) in [4.78, 5) is 0. The fraction of sp³-hybridized carbons (Fsp3) is 0.133. The van der Waals surface area contributed by atoms with Crippen molar-refractivity contribution >= 4 is 11.1 Å². The van der Waals surface area contributed by atoms with E-state index < -0.39 is 0 Å². The molecule has 0 nitrogen and oxygen atoms in total. The average molecular weight is 387 g/mol. The van der Waals surface area contributed by atoms with Crippen LogP contribution in [-0.4, -0.2) is 0 Å². The lowest BCUT2D eigenvalue weighted by Gasteiger charge is -2.22. The molecular formula is C30H26. The van der Waals surface area contributed by atoms with Gasteiger partial charge in [0.05, 0.1) is 0 Å². The summed E-state index contributed by atoms with van der Waals surface area (Å²) in [5.74, 6) is 0. The van der Waals surface area contributed by atoms with Crippen molar-refractivity contribution in [1.29, 1.82) is 0 Å². The van der Waals surface area contributed by atoms with E-state index in [0.29, 0.717) is 0 Å². The summed E-state index contributed by atoms with van der Waals surface area (Å²) >= 11 is 0. The van der Waals surface area contributed by atoms with Crippen LogP contribution in [0, 0.1) is 0 Å². The molecule has 0 aliphatic heterocycles. The third-order valence-corrected chi connectivity index (χ3v) is 6.15. The molecule has 0 heteroatoms. The molecule has 0 amide bonds. The zero-order valence-electron chi connectivity index (χ0n) is 17.2. The van der Waals surface area contributed by atoms with Crippen molar-refractivity contribution in [3.8, 4) is 22.3 Å². The van der Waals surface area contributed by atoms with Gasteiger partial charge in [0.15, 0.2) is 0 Å². The minimum atomic E-state index is 1.17. The maximum absolute atomic E-state index is 2.31. The minimum Gasteiger partial charge on any atom is -0.0622 e. The van der Waals surface area contributed by atoms with Crippen LogP contribution in [0.1, 0.15) is 36.8 Å². The minimum absolute atomic E-state index is 1.17. The van der Waals surface area contributed by atoms with Gasteiger partial charge in [-0.05, 0) is 70.2 Å². The number of hydrogen-bond acceptors (Lipinski definition) is 0. The summed E-state index contributed by atoms with van der Waals surface area (Å²) in [5, 5.41) is 0. The Balaban J connectivity index is 1.48. The van der Waals surface area contributed by atoms with E-state index in [4.69, 9.17) is 0 Å². The summed E-state index contributed by atoms with van der Waals surface area (Å²) in [7, 11) is 0. The van der Waals surface area contributed by atoms with Crippen molar-refractivity contribution in [2.45, 2.75) is 25.7 Å². The lowest BCUT2D eigenvalue weighted by Crippen LogP contribution is -1.99. The first-order valence-corrected chi connectivity index (χ1v) is 10.9. The molecule has 0 atom stereocenters. The van der Waals surface area contributed by atoms with E-state index in [2.05, 4.69) is 109 Å². The van der Waals surface area contributed by atoms with Gasteiger partial charge in [-0.15, -0.1) is 0 Å². The highest BCUT2D eigenvalue weighted by Gasteiger charge is 2.16. The van der Waals surface area contributed by atoms with Crippen LogP contribution in [0.4, 0.5) is 0 Å². The van der Waals surface area contributed by atoms with Crippen LogP contribution in [0.3, 0.4) is 0 Å². The van der Waals surface area contributed by atoms with Crippen molar-refractivity contribution in [3.05, 3.63) is 120 Å². The first-order chi connectivity index (χ1) is 14.9. The zero-order chi connectivity index (χ0) is 20.2. The van der Waals surface area contributed by atoms with E-state index in [0.717, 1.165) is 0 Å². The van der Waals surface area contributed by atoms with Gasteiger partial charge >= 0.3 is 0 Å². The summed E-state index contributed by atoms with van der Waals surface area (Å²) < 4.78 is 0. The second kappa shape index (κ2) is 8.55. The number of benzene rings is 4. The Bertz CT molecular complexity index is 1040. The number of allylic oxidation sites excluding steroid dienone is 2. The molecule has 0 spiro atoms. The largest absolute Gasteiger partial charge is 0.0622 e. The Kier molecular flexibility index (Phi) is 5.31. The monoisotopic (exact) mass is 386 g/mol. The first-order valence-electron chi connectivity index (χ1n) is 10.9. The normalized spacial score (nSPS) is 14.0. The third-order valence-electron chi connectivity index (χ3n) is 6.15. The lowest BCUT2D eigenvalue weighted by molar-refractivity contribution is 0.753. The molecule has 146 valence electrons. The maximum Gasteiger partial charge on any atom is -0.0184 e. The maximum atomic E-state index is 2.31. The molecule has 1 aliphatic rings. The second-order valence-electron chi connectivity index (χ2n) is 8.05. The van der Waals surface area contributed by atoms with Crippen molar-refractivity contribution in [3.63, 3.8) is 0 Å². The Morgan fingerprint density at radius 2 is 0.600 bits per heavy atom. The SMILES string of the molecule is c1ccc(-c2ccc(C3=C(c4ccc(-c5ccccc5)cc4)CCCC3)cc2)cc1. The predicted molar refractivity (Wildman–Crippen MR) is 129 cm³/mol. The lowest BCUT2D eigenvalue weighted by atomic mass is 9.83. The Morgan fingerprint density at radius 1 is 0.300 bits per heavy atom. The molecule has 30 heavy (non-hydrogen) atoms. The van der Waals surface area contributed by atoms with Gasteiger partial charge in [-0.1, -0.05) is 109 Å². The number of rotatable bonds is 4. The van der Waals surface area contributed by atoms with Gasteiger partial charge in [-0.3, -0.25) is 0 Å². The summed E-state index contributed by atoms with van der Waals surface area (Å²) in [6.45, 7) is 0. The van der Waals surface area contributed by atoms with Gasteiger partial charge in [0.1, 0.15) is 0 Å². The Morgan fingerprint density at radius 3 is 0.967 bits per heavy atom. The van der Waals surface area contributed by atoms with Crippen LogP contribution in [-0.2, 0) is 0 Å². The Labute approximate surface area is 179 Å². The van der Waals surface area contributed by atoms with Crippen molar-refractivity contribution in [2.75, 3.05) is 0 Å². The highest BCUT2D eigenvalue weighted by molar-refractivity contribution is 5.92. The first kappa shape index (κ1) is 18.6. The van der Waals surface area contributed by atoms with Gasteiger partial charge in [0, 0.05) is 0 Å². The summed E-state index contributed by atoms with van der Waals surface area (Å²) in [5.41, 5.74) is 10.9. The topological polar surface area (TPSA) is 0 Å². The van der Waals surface area contributed by atoms with Crippen molar-refractivity contribution in [2.24, 2.45) is 0 Å². The molecule has 5 rings (SSSR count). The van der Waals surface area contributed by atoms with Crippen LogP contribution in [0.25, 0.3) is 33.4 Å². The molecule has 0 N–H and O–H groups in total. The molecule has 1 aliphatic carbocycles. The van der Waals surface area contributed by atoms with Crippen LogP contribution in [0.2, 0.25) is 0 Å². The van der Waals surface area contributed by atoms with Crippen molar-refractivity contribution < 1.29 is 0 Å². The molecule has 4 aromatic rings. The highest BCUT2D eigenvalue weighted by Crippen LogP contribution is 2.39. The van der Waals surface area contributed by atoms with E-state index in [1.807, 2.05) is 0 Å². The van der Waals surface area contributed by atoms with Crippen LogP contribution in [0.15, 0.2) is 109 Å². The van der Waals surface area contributed by atoms with E-state index in [1.165, 1.54) is 70.2 Å². The molecule has 0 fully saturated rings. The molecule has 0 heterocycles.